The Balaban J connectivity index is 1.24. The quantitative estimate of drug-likeness (QED) is 0.795. The molecule has 0 N–H and O–H groups in total. The molecular weight excluding hydrogens is 336 g/mol. The highest BCUT2D eigenvalue weighted by molar-refractivity contribution is 5.80. The van der Waals surface area contributed by atoms with Gasteiger partial charge in [0, 0.05) is 24.9 Å². The molecule has 0 saturated heterocycles. The van der Waals surface area contributed by atoms with E-state index in [0.29, 0.717) is 29.6 Å². The van der Waals surface area contributed by atoms with Gasteiger partial charge in [0.25, 0.3) is 0 Å². The summed E-state index contributed by atoms with van der Waals surface area (Å²) in [5.74, 6) is 6.71. The van der Waals surface area contributed by atoms with Crippen LogP contribution in [0.1, 0.15) is 88.3 Å². The maximum Gasteiger partial charge on any atom is 0.226 e. The number of fused-ring (bicyclic) bond motifs is 1. The van der Waals surface area contributed by atoms with Gasteiger partial charge >= 0.3 is 0 Å². The summed E-state index contributed by atoms with van der Waals surface area (Å²) in [5, 5.41) is 9.15. The molecule has 1 aromatic heterocycles. The lowest BCUT2D eigenvalue weighted by molar-refractivity contribution is -0.152. The zero-order chi connectivity index (χ0) is 18.1. The predicted octanol–water partition coefficient (Wildman–Crippen LogP) is 3.91. The molecule has 2 heterocycles. The summed E-state index contributed by atoms with van der Waals surface area (Å²) in [6.07, 6.45) is 11.8. The van der Waals surface area contributed by atoms with E-state index in [4.69, 9.17) is 0 Å². The van der Waals surface area contributed by atoms with Gasteiger partial charge in [-0.1, -0.05) is 12.8 Å². The van der Waals surface area contributed by atoms with Crippen LogP contribution in [0.2, 0.25) is 0 Å². The van der Waals surface area contributed by atoms with E-state index in [1.54, 1.807) is 0 Å². The van der Waals surface area contributed by atoms with Crippen LogP contribution < -0.4 is 0 Å². The van der Waals surface area contributed by atoms with Crippen LogP contribution in [0, 0.1) is 29.6 Å². The van der Waals surface area contributed by atoms with Crippen LogP contribution >= 0.6 is 0 Å². The zero-order valence-electron chi connectivity index (χ0n) is 16.5. The molecule has 5 nitrogen and oxygen atoms in total. The van der Waals surface area contributed by atoms with Gasteiger partial charge in [-0.05, 0) is 75.5 Å². The fraction of sp³-hybridized carbons (Fsp3) is 0.864. The molecular formula is C22H32N4O. The highest BCUT2D eigenvalue weighted by Crippen LogP contribution is 2.57. The number of hydrogen-bond donors (Lipinski definition) is 0. The monoisotopic (exact) mass is 368 g/mol. The molecule has 6 aliphatic rings. The van der Waals surface area contributed by atoms with Crippen LogP contribution in [0.3, 0.4) is 0 Å². The summed E-state index contributed by atoms with van der Waals surface area (Å²) >= 11 is 0. The number of nitrogens with zero attached hydrogens (tertiary/aromatic N) is 4. The maximum atomic E-state index is 13.6. The van der Waals surface area contributed by atoms with Crippen molar-refractivity contribution in [1.29, 1.82) is 0 Å². The lowest BCUT2D eigenvalue weighted by Crippen LogP contribution is -2.53. The highest BCUT2D eigenvalue weighted by atomic mass is 16.2. The fourth-order valence-electron chi connectivity index (χ4n) is 7.71. The van der Waals surface area contributed by atoms with Crippen LogP contribution in [0.4, 0.5) is 0 Å². The first kappa shape index (κ1) is 16.6. The van der Waals surface area contributed by atoms with E-state index in [9.17, 15) is 4.79 Å². The molecule has 7 rings (SSSR count). The van der Waals surface area contributed by atoms with Gasteiger partial charge in [0.2, 0.25) is 5.91 Å². The Morgan fingerprint density at radius 3 is 2.19 bits per heavy atom. The smallest absolute Gasteiger partial charge is 0.226 e. The SMILES string of the molecule is CC1c2nnc(C3CCCC3)n2CCN1C(=O)C1C2CC3CC(C2)CC1C3. The van der Waals surface area contributed by atoms with Gasteiger partial charge < -0.3 is 9.47 Å². The third-order valence-electron chi connectivity index (χ3n) is 8.73. The van der Waals surface area contributed by atoms with Crippen molar-refractivity contribution >= 4 is 5.91 Å². The van der Waals surface area contributed by atoms with Crippen molar-refractivity contribution in [2.75, 3.05) is 6.54 Å². The topological polar surface area (TPSA) is 51.0 Å². The molecule has 5 saturated carbocycles. The van der Waals surface area contributed by atoms with Gasteiger partial charge in [0.05, 0.1) is 6.04 Å². The Hall–Kier alpha value is -1.39. The Bertz CT molecular complexity index is 721. The summed E-state index contributed by atoms with van der Waals surface area (Å²) in [4.78, 5) is 15.8. The first-order chi connectivity index (χ1) is 13.2. The first-order valence-electron chi connectivity index (χ1n) is 11.4. The van der Waals surface area contributed by atoms with E-state index in [1.807, 2.05) is 0 Å². The summed E-state index contributed by atoms with van der Waals surface area (Å²) in [5.41, 5.74) is 0. The molecule has 27 heavy (non-hydrogen) atoms. The largest absolute Gasteiger partial charge is 0.331 e. The van der Waals surface area contributed by atoms with E-state index >= 15 is 0 Å². The number of carbonyl (C=O) groups excluding carboxylic acids is 1. The predicted molar refractivity (Wildman–Crippen MR) is 102 cm³/mol. The minimum Gasteiger partial charge on any atom is -0.331 e. The number of carbonyl (C=O) groups is 1. The molecule has 4 bridgehead atoms. The second kappa shape index (κ2) is 6.05. The molecule has 1 unspecified atom stereocenters. The third kappa shape index (κ3) is 2.45. The van der Waals surface area contributed by atoms with Crippen LogP contribution in [-0.4, -0.2) is 32.1 Å². The van der Waals surface area contributed by atoms with Gasteiger partial charge in [0.1, 0.15) is 5.82 Å². The maximum absolute atomic E-state index is 13.6. The van der Waals surface area contributed by atoms with Gasteiger partial charge in [-0.3, -0.25) is 4.79 Å². The molecule has 1 aromatic rings. The fourth-order valence-corrected chi connectivity index (χ4v) is 7.71. The normalized spacial score (nSPS) is 40.6. The Kier molecular flexibility index (Phi) is 3.71. The van der Waals surface area contributed by atoms with Gasteiger partial charge in [0.15, 0.2) is 5.82 Å². The lowest BCUT2D eigenvalue weighted by Gasteiger charge is -2.54. The molecule has 0 spiro atoms. The molecule has 5 fully saturated rings. The first-order valence-corrected chi connectivity index (χ1v) is 11.4. The molecule has 1 aliphatic heterocycles. The van der Waals surface area contributed by atoms with Gasteiger partial charge in [-0.15, -0.1) is 10.2 Å². The average molecular weight is 369 g/mol. The second-order valence-corrected chi connectivity index (χ2v) is 10.2. The van der Waals surface area contributed by atoms with Crippen molar-refractivity contribution < 1.29 is 4.79 Å². The summed E-state index contributed by atoms with van der Waals surface area (Å²) in [6, 6.07) is 0.0751. The van der Waals surface area contributed by atoms with Crippen molar-refractivity contribution in [3.63, 3.8) is 0 Å². The standard InChI is InChI=1S/C22H32N4O/c1-13-20-23-24-21(16-4-2-3-5-16)26(20)7-6-25(13)22(27)19-17-9-14-8-15(11-17)12-18(19)10-14/h13-19H,2-12H2,1H3. The molecule has 146 valence electrons. The van der Waals surface area contributed by atoms with E-state index in [1.165, 1.54) is 63.6 Å². The van der Waals surface area contributed by atoms with Crippen molar-refractivity contribution in [2.45, 2.75) is 83.2 Å². The minimum atomic E-state index is 0.0751. The molecule has 5 heteroatoms. The van der Waals surface area contributed by atoms with Crippen LogP contribution in [0.5, 0.6) is 0 Å². The minimum absolute atomic E-state index is 0.0751. The van der Waals surface area contributed by atoms with Gasteiger partial charge in [-0.25, -0.2) is 0 Å². The average Bonchev–Trinajstić information content (AvgIpc) is 3.30. The third-order valence-corrected chi connectivity index (χ3v) is 8.73. The lowest BCUT2D eigenvalue weighted by atomic mass is 9.51. The van der Waals surface area contributed by atoms with Crippen molar-refractivity contribution in [1.82, 2.24) is 19.7 Å². The van der Waals surface area contributed by atoms with E-state index in [0.717, 1.165) is 30.7 Å². The van der Waals surface area contributed by atoms with Crippen molar-refractivity contribution in [3.05, 3.63) is 11.6 Å². The Morgan fingerprint density at radius 2 is 1.52 bits per heavy atom. The molecule has 0 aromatic carbocycles. The Morgan fingerprint density at radius 1 is 0.889 bits per heavy atom. The van der Waals surface area contributed by atoms with Crippen LogP contribution in [0.25, 0.3) is 0 Å². The summed E-state index contributed by atoms with van der Waals surface area (Å²) < 4.78 is 2.35. The van der Waals surface area contributed by atoms with E-state index < -0.39 is 0 Å². The van der Waals surface area contributed by atoms with Gasteiger partial charge in [-0.2, -0.15) is 0 Å². The van der Waals surface area contributed by atoms with Crippen molar-refractivity contribution in [3.8, 4) is 0 Å². The van der Waals surface area contributed by atoms with E-state index in [2.05, 4.69) is 26.6 Å². The summed E-state index contributed by atoms with van der Waals surface area (Å²) in [7, 11) is 0. The summed E-state index contributed by atoms with van der Waals surface area (Å²) in [6.45, 7) is 3.90. The number of rotatable bonds is 2. The second-order valence-electron chi connectivity index (χ2n) is 10.2. The van der Waals surface area contributed by atoms with Crippen LogP contribution in [0.15, 0.2) is 0 Å². The molecule has 0 radical (unpaired) electrons. The molecule has 1 atom stereocenters. The molecule has 5 aliphatic carbocycles. The highest BCUT2D eigenvalue weighted by Gasteiger charge is 2.52. The van der Waals surface area contributed by atoms with E-state index in [-0.39, 0.29) is 6.04 Å². The Labute approximate surface area is 161 Å². The van der Waals surface area contributed by atoms with Crippen molar-refractivity contribution in [2.24, 2.45) is 29.6 Å². The zero-order valence-corrected chi connectivity index (χ0v) is 16.5. The number of hydrogen-bond acceptors (Lipinski definition) is 3. The number of aromatic nitrogens is 3. The number of amides is 1. The molecule has 1 amide bonds. The van der Waals surface area contributed by atoms with Crippen LogP contribution in [-0.2, 0) is 11.3 Å².